The van der Waals surface area contributed by atoms with Crippen LogP contribution < -0.4 is 19.5 Å². The molecule has 0 aliphatic rings. The fraction of sp³-hybridized carbons (Fsp3) is 0.300. The van der Waals surface area contributed by atoms with Crippen LogP contribution in [0.4, 0.5) is 5.69 Å². The Morgan fingerprint density at radius 2 is 1.44 bits per heavy atom. The topological polar surface area (TPSA) is 83.1 Å². The summed E-state index contributed by atoms with van der Waals surface area (Å²) in [5, 5.41) is 2.63. The molecule has 7 heteroatoms. The molecule has 144 valence electrons. The SMILES string of the molecule is CCOc1ccc(NC(=O)COC(=O)COc2ccccc2OCC)cc1. The Morgan fingerprint density at radius 1 is 0.815 bits per heavy atom. The highest BCUT2D eigenvalue weighted by atomic mass is 16.6. The van der Waals surface area contributed by atoms with E-state index in [0.717, 1.165) is 0 Å². The van der Waals surface area contributed by atoms with Crippen LogP contribution >= 0.6 is 0 Å². The Hall–Kier alpha value is -3.22. The number of para-hydroxylation sites is 2. The van der Waals surface area contributed by atoms with E-state index in [0.29, 0.717) is 36.1 Å². The summed E-state index contributed by atoms with van der Waals surface area (Å²) in [6.07, 6.45) is 0. The van der Waals surface area contributed by atoms with Gasteiger partial charge in [0, 0.05) is 5.69 Å². The number of amides is 1. The Labute approximate surface area is 158 Å². The van der Waals surface area contributed by atoms with Crippen LogP contribution in [-0.2, 0) is 14.3 Å². The molecule has 0 spiro atoms. The normalized spacial score (nSPS) is 10.0. The summed E-state index contributed by atoms with van der Waals surface area (Å²) in [7, 11) is 0. The van der Waals surface area contributed by atoms with E-state index in [1.807, 2.05) is 13.8 Å². The average molecular weight is 373 g/mol. The number of carbonyl (C=O) groups is 2. The van der Waals surface area contributed by atoms with Crippen LogP contribution in [-0.4, -0.2) is 38.3 Å². The molecule has 0 fully saturated rings. The van der Waals surface area contributed by atoms with Crippen molar-refractivity contribution in [1.82, 2.24) is 0 Å². The van der Waals surface area contributed by atoms with Crippen LogP contribution in [0.3, 0.4) is 0 Å². The van der Waals surface area contributed by atoms with Gasteiger partial charge in [0.2, 0.25) is 0 Å². The summed E-state index contributed by atoms with van der Waals surface area (Å²) < 4.78 is 21.0. The molecular weight excluding hydrogens is 350 g/mol. The molecule has 1 N–H and O–H groups in total. The van der Waals surface area contributed by atoms with E-state index >= 15 is 0 Å². The van der Waals surface area contributed by atoms with Crippen LogP contribution in [0, 0.1) is 0 Å². The summed E-state index contributed by atoms with van der Waals surface area (Å²) >= 11 is 0. The van der Waals surface area contributed by atoms with Gasteiger partial charge in [0.1, 0.15) is 5.75 Å². The van der Waals surface area contributed by atoms with Crippen molar-refractivity contribution >= 4 is 17.6 Å². The van der Waals surface area contributed by atoms with Gasteiger partial charge in [-0.3, -0.25) is 4.79 Å². The number of esters is 1. The molecule has 0 aromatic heterocycles. The first-order chi connectivity index (χ1) is 13.1. The van der Waals surface area contributed by atoms with Gasteiger partial charge in [-0.05, 0) is 50.2 Å². The third kappa shape index (κ3) is 6.89. The van der Waals surface area contributed by atoms with Gasteiger partial charge >= 0.3 is 5.97 Å². The van der Waals surface area contributed by atoms with E-state index in [1.165, 1.54) is 0 Å². The molecule has 0 aliphatic heterocycles. The van der Waals surface area contributed by atoms with E-state index in [1.54, 1.807) is 48.5 Å². The smallest absolute Gasteiger partial charge is 0.344 e. The molecule has 1 amide bonds. The fourth-order valence-electron chi connectivity index (χ4n) is 2.17. The van der Waals surface area contributed by atoms with E-state index in [4.69, 9.17) is 18.9 Å². The molecular formula is C20H23NO6. The molecule has 0 saturated heterocycles. The monoisotopic (exact) mass is 373 g/mol. The van der Waals surface area contributed by atoms with Crippen LogP contribution in [0.1, 0.15) is 13.8 Å². The molecule has 2 aromatic carbocycles. The first-order valence-electron chi connectivity index (χ1n) is 8.65. The molecule has 2 aromatic rings. The second-order valence-corrected chi connectivity index (χ2v) is 5.33. The highest BCUT2D eigenvalue weighted by Gasteiger charge is 2.11. The number of benzene rings is 2. The van der Waals surface area contributed by atoms with E-state index < -0.39 is 18.5 Å². The van der Waals surface area contributed by atoms with E-state index in [9.17, 15) is 9.59 Å². The second-order valence-electron chi connectivity index (χ2n) is 5.33. The molecule has 2 rings (SSSR count). The van der Waals surface area contributed by atoms with E-state index in [-0.39, 0.29) is 6.61 Å². The van der Waals surface area contributed by atoms with Crippen molar-refractivity contribution in [3.8, 4) is 17.2 Å². The molecule has 0 saturated carbocycles. The number of nitrogens with one attached hydrogen (secondary N) is 1. The van der Waals surface area contributed by atoms with Gasteiger partial charge < -0.3 is 24.3 Å². The zero-order valence-corrected chi connectivity index (χ0v) is 15.4. The Balaban J connectivity index is 1.74. The first-order valence-corrected chi connectivity index (χ1v) is 8.65. The summed E-state index contributed by atoms with van der Waals surface area (Å²) in [6, 6.07) is 13.9. The molecule has 0 radical (unpaired) electrons. The molecule has 0 unspecified atom stereocenters. The van der Waals surface area contributed by atoms with Gasteiger partial charge in [-0.2, -0.15) is 0 Å². The Morgan fingerprint density at radius 3 is 2.07 bits per heavy atom. The second kappa shape index (κ2) is 10.7. The standard InChI is InChI=1S/C20H23NO6/c1-3-24-16-11-9-15(10-12-16)21-19(22)13-27-20(23)14-26-18-8-6-5-7-17(18)25-4-2/h5-12H,3-4,13-14H2,1-2H3,(H,21,22). The lowest BCUT2D eigenvalue weighted by Crippen LogP contribution is -2.23. The van der Waals surface area contributed by atoms with Crippen LogP contribution in [0.25, 0.3) is 0 Å². The van der Waals surface area contributed by atoms with Gasteiger partial charge in [-0.1, -0.05) is 12.1 Å². The minimum absolute atomic E-state index is 0.319. The lowest BCUT2D eigenvalue weighted by Gasteiger charge is -2.11. The number of carbonyl (C=O) groups excluding carboxylic acids is 2. The number of hydrogen-bond acceptors (Lipinski definition) is 6. The van der Waals surface area contributed by atoms with E-state index in [2.05, 4.69) is 5.32 Å². The maximum atomic E-state index is 11.9. The molecule has 0 bridgehead atoms. The molecule has 27 heavy (non-hydrogen) atoms. The van der Waals surface area contributed by atoms with Crippen molar-refractivity contribution < 1.29 is 28.5 Å². The van der Waals surface area contributed by atoms with Gasteiger partial charge in [0.05, 0.1) is 13.2 Å². The largest absolute Gasteiger partial charge is 0.494 e. The third-order valence-corrected chi connectivity index (χ3v) is 3.31. The Kier molecular flexibility index (Phi) is 7.96. The number of hydrogen-bond donors (Lipinski definition) is 1. The quantitative estimate of drug-likeness (QED) is 0.645. The third-order valence-electron chi connectivity index (χ3n) is 3.31. The summed E-state index contributed by atoms with van der Waals surface area (Å²) in [4.78, 5) is 23.6. The van der Waals surface area contributed by atoms with Crippen molar-refractivity contribution in [2.75, 3.05) is 31.7 Å². The maximum absolute atomic E-state index is 11.9. The minimum Gasteiger partial charge on any atom is -0.494 e. The van der Waals surface area contributed by atoms with Crippen LogP contribution in [0.15, 0.2) is 48.5 Å². The van der Waals surface area contributed by atoms with Gasteiger partial charge in [0.15, 0.2) is 24.7 Å². The lowest BCUT2D eigenvalue weighted by atomic mass is 10.3. The molecule has 0 atom stereocenters. The minimum atomic E-state index is -0.650. The molecule has 0 aliphatic carbocycles. The first kappa shape index (κ1) is 20.1. The van der Waals surface area contributed by atoms with Gasteiger partial charge in [-0.25, -0.2) is 4.79 Å². The maximum Gasteiger partial charge on any atom is 0.344 e. The van der Waals surface area contributed by atoms with Crippen molar-refractivity contribution in [3.63, 3.8) is 0 Å². The predicted octanol–water partition coefficient (Wildman–Crippen LogP) is 3.04. The number of anilines is 1. The molecule has 0 heterocycles. The lowest BCUT2D eigenvalue weighted by molar-refractivity contribution is -0.149. The van der Waals surface area contributed by atoms with Crippen molar-refractivity contribution in [1.29, 1.82) is 0 Å². The van der Waals surface area contributed by atoms with Crippen LogP contribution in [0.2, 0.25) is 0 Å². The van der Waals surface area contributed by atoms with Gasteiger partial charge in [-0.15, -0.1) is 0 Å². The zero-order valence-electron chi connectivity index (χ0n) is 15.4. The number of rotatable bonds is 10. The Bertz CT molecular complexity index is 744. The highest BCUT2D eigenvalue weighted by Crippen LogP contribution is 2.26. The molecule has 7 nitrogen and oxygen atoms in total. The fourth-order valence-corrected chi connectivity index (χ4v) is 2.17. The van der Waals surface area contributed by atoms with Gasteiger partial charge in [0.25, 0.3) is 5.91 Å². The van der Waals surface area contributed by atoms with Crippen molar-refractivity contribution in [3.05, 3.63) is 48.5 Å². The number of ether oxygens (including phenoxy) is 4. The summed E-state index contributed by atoms with van der Waals surface area (Å²) in [5.74, 6) is 0.605. The van der Waals surface area contributed by atoms with Crippen molar-refractivity contribution in [2.24, 2.45) is 0 Å². The predicted molar refractivity (Wildman–Crippen MR) is 100 cm³/mol. The zero-order chi connectivity index (χ0) is 19.5. The van der Waals surface area contributed by atoms with Crippen molar-refractivity contribution in [2.45, 2.75) is 13.8 Å². The average Bonchev–Trinajstić information content (AvgIpc) is 2.68. The summed E-state index contributed by atoms with van der Waals surface area (Å²) in [5.41, 5.74) is 0.585. The highest BCUT2D eigenvalue weighted by molar-refractivity contribution is 5.92. The van der Waals surface area contributed by atoms with Crippen LogP contribution in [0.5, 0.6) is 17.2 Å². The summed E-state index contributed by atoms with van der Waals surface area (Å²) in [6.45, 7) is 4.08.